The number of carbonyl (C=O) groups is 1. The zero-order valence-corrected chi connectivity index (χ0v) is 12.1. The van der Waals surface area contributed by atoms with Gasteiger partial charge in [-0.2, -0.15) is 0 Å². The van der Waals surface area contributed by atoms with Crippen LogP contribution < -0.4 is 11.1 Å². The summed E-state index contributed by atoms with van der Waals surface area (Å²) >= 11 is 0. The molecule has 1 atom stereocenters. The Labute approximate surface area is 124 Å². The molecule has 3 N–H and O–H groups in total. The molecular weight excluding hydrogens is 262 g/mol. The standard InChI is InChI=1S/C17H21N3O/c18-10-8-13-9-11-20(12-13)17(21)19-16-7-3-5-14-4-1-2-6-15(14)16/h1-7,13H,8-12,18H2,(H,19,21). The van der Waals surface area contributed by atoms with Gasteiger partial charge in [-0.15, -0.1) is 0 Å². The normalized spacial score (nSPS) is 18.1. The van der Waals surface area contributed by atoms with Crippen LogP contribution in [0.25, 0.3) is 10.8 Å². The quantitative estimate of drug-likeness (QED) is 0.909. The van der Waals surface area contributed by atoms with Crippen LogP contribution in [0.15, 0.2) is 42.5 Å². The lowest BCUT2D eigenvalue weighted by Gasteiger charge is -2.18. The predicted molar refractivity (Wildman–Crippen MR) is 86.3 cm³/mol. The van der Waals surface area contributed by atoms with Gasteiger partial charge in [0.25, 0.3) is 0 Å². The van der Waals surface area contributed by atoms with Crippen molar-refractivity contribution in [2.24, 2.45) is 11.7 Å². The van der Waals surface area contributed by atoms with Crippen LogP contribution in [-0.2, 0) is 0 Å². The molecule has 110 valence electrons. The van der Waals surface area contributed by atoms with Crippen LogP contribution in [0.4, 0.5) is 10.5 Å². The highest BCUT2D eigenvalue weighted by molar-refractivity contribution is 6.01. The van der Waals surface area contributed by atoms with Gasteiger partial charge in [-0.1, -0.05) is 36.4 Å². The maximum Gasteiger partial charge on any atom is 0.321 e. The van der Waals surface area contributed by atoms with Gasteiger partial charge in [-0.3, -0.25) is 0 Å². The van der Waals surface area contributed by atoms with Crippen LogP contribution in [0.1, 0.15) is 12.8 Å². The van der Waals surface area contributed by atoms with E-state index in [-0.39, 0.29) is 6.03 Å². The summed E-state index contributed by atoms with van der Waals surface area (Å²) < 4.78 is 0. The van der Waals surface area contributed by atoms with Crippen LogP contribution >= 0.6 is 0 Å². The zero-order chi connectivity index (χ0) is 14.7. The molecule has 21 heavy (non-hydrogen) atoms. The topological polar surface area (TPSA) is 58.4 Å². The molecule has 0 aliphatic carbocycles. The molecule has 2 aromatic rings. The van der Waals surface area contributed by atoms with E-state index >= 15 is 0 Å². The first-order valence-corrected chi connectivity index (χ1v) is 7.51. The first kappa shape index (κ1) is 13.9. The van der Waals surface area contributed by atoms with E-state index in [4.69, 9.17) is 5.73 Å². The number of anilines is 1. The Morgan fingerprint density at radius 2 is 2.05 bits per heavy atom. The lowest BCUT2D eigenvalue weighted by atomic mass is 10.1. The third-order valence-electron chi connectivity index (χ3n) is 4.18. The fourth-order valence-corrected chi connectivity index (χ4v) is 3.02. The van der Waals surface area contributed by atoms with Crippen molar-refractivity contribution in [3.05, 3.63) is 42.5 Å². The van der Waals surface area contributed by atoms with Gasteiger partial charge < -0.3 is 16.0 Å². The Balaban J connectivity index is 1.72. The number of likely N-dealkylation sites (tertiary alicyclic amines) is 1. The summed E-state index contributed by atoms with van der Waals surface area (Å²) in [5.41, 5.74) is 6.47. The van der Waals surface area contributed by atoms with Gasteiger partial charge in [0.1, 0.15) is 0 Å². The molecule has 0 spiro atoms. The number of benzene rings is 2. The fraction of sp³-hybridized carbons (Fsp3) is 0.353. The highest BCUT2D eigenvalue weighted by Crippen LogP contribution is 2.25. The summed E-state index contributed by atoms with van der Waals surface area (Å²) in [7, 11) is 0. The Morgan fingerprint density at radius 3 is 2.90 bits per heavy atom. The number of hydrogen-bond donors (Lipinski definition) is 2. The van der Waals surface area contributed by atoms with Gasteiger partial charge in [0.2, 0.25) is 0 Å². The lowest BCUT2D eigenvalue weighted by molar-refractivity contribution is 0.220. The van der Waals surface area contributed by atoms with Gasteiger partial charge >= 0.3 is 6.03 Å². The van der Waals surface area contributed by atoms with Crippen molar-refractivity contribution < 1.29 is 4.79 Å². The Hall–Kier alpha value is -2.07. The minimum Gasteiger partial charge on any atom is -0.330 e. The van der Waals surface area contributed by atoms with E-state index < -0.39 is 0 Å². The van der Waals surface area contributed by atoms with Crippen LogP contribution in [0.3, 0.4) is 0 Å². The predicted octanol–water partition coefficient (Wildman–Crippen LogP) is 3.04. The fourth-order valence-electron chi connectivity index (χ4n) is 3.02. The summed E-state index contributed by atoms with van der Waals surface area (Å²) in [6.07, 6.45) is 2.05. The number of urea groups is 1. The molecule has 4 nitrogen and oxygen atoms in total. The van der Waals surface area contributed by atoms with Crippen molar-refractivity contribution in [3.63, 3.8) is 0 Å². The molecule has 2 aromatic carbocycles. The van der Waals surface area contributed by atoms with Crippen molar-refractivity contribution in [3.8, 4) is 0 Å². The number of nitrogens with zero attached hydrogens (tertiary/aromatic N) is 1. The molecular formula is C17H21N3O. The van der Waals surface area contributed by atoms with E-state index in [0.29, 0.717) is 12.5 Å². The van der Waals surface area contributed by atoms with Crippen molar-refractivity contribution >= 4 is 22.5 Å². The summed E-state index contributed by atoms with van der Waals surface area (Å²) in [6.45, 7) is 2.33. The van der Waals surface area contributed by atoms with Gasteiger partial charge in [0.05, 0.1) is 5.69 Å². The zero-order valence-electron chi connectivity index (χ0n) is 12.1. The molecule has 0 aromatic heterocycles. The maximum atomic E-state index is 12.4. The molecule has 1 unspecified atom stereocenters. The number of nitrogens with one attached hydrogen (secondary N) is 1. The molecule has 0 radical (unpaired) electrons. The number of rotatable bonds is 3. The third-order valence-corrected chi connectivity index (χ3v) is 4.18. The van der Waals surface area contributed by atoms with Crippen molar-refractivity contribution in [1.82, 2.24) is 4.90 Å². The van der Waals surface area contributed by atoms with E-state index in [1.54, 1.807) is 0 Å². The summed E-state index contributed by atoms with van der Waals surface area (Å²) in [4.78, 5) is 14.3. The smallest absolute Gasteiger partial charge is 0.321 e. The largest absolute Gasteiger partial charge is 0.330 e. The summed E-state index contributed by atoms with van der Waals surface area (Å²) in [6, 6.07) is 14.1. The lowest BCUT2D eigenvalue weighted by Crippen LogP contribution is -2.33. The molecule has 1 aliphatic rings. The summed E-state index contributed by atoms with van der Waals surface area (Å²) in [5.74, 6) is 0.549. The van der Waals surface area contributed by atoms with E-state index in [1.165, 1.54) is 0 Å². The second-order valence-corrected chi connectivity index (χ2v) is 5.63. The minimum atomic E-state index is -0.00845. The van der Waals surface area contributed by atoms with E-state index in [2.05, 4.69) is 17.4 Å². The van der Waals surface area contributed by atoms with E-state index in [1.807, 2.05) is 35.2 Å². The number of fused-ring (bicyclic) bond motifs is 1. The van der Waals surface area contributed by atoms with Crippen LogP contribution in [0.2, 0.25) is 0 Å². The Kier molecular flexibility index (Phi) is 4.06. The molecule has 1 saturated heterocycles. The van der Waals surface area contributed by atoms with Gasteiger partial charge in [-0.05, 0) is 36.8 Å². The highest BCUT2D eigenvalue weighted by Gasteiger charge is 2.25. The van der Waals surface area contributed by atoms with Crippen LogP contribution in [-0.4, -0.2) is 30.6 Å². The van der Waals surface area contributed by atoms with Gasteiger partial charge in [0, 0.05) is 18.5 Å². The Bertz CT molecular complexity index is 635. The van der Waals surface area contributed by atoms with Crippen molar-refractivity contribution in [1.29, 1.82) is 0 Å². The van der Waals surface area contributed by atoms with Crippen molar-refractivity contribution in [2.45, 2.75) is 12.8 Å². The van der Waals surface area contributed by atoms with Gasteiger partial charge in [0.15, 0.2) is 0 Å². The molecule has 2 amide bonds. The molecule has 1 aliphatic heterocycles. The molecule has 4 heteroatoms. The second-order valence-electron chi connectivity index (χ2n) is 5.63. The molecule has 3 rings (SSSR count). The van der Waals surface area contributed by atoms with Crippen LogP contribution in [0.5, 0.6) is 0 Å². The first-order valence-electron chi connectivity index (χ1n) is 7.51. The molecule has 0 saturated carbocycles. The average Bonchev–Trinajstić information content (AvgIpc) is 2.97. The minimum absolute atomic E-state index is 0.00845. The van der Waals surface area contributed by atoms with Gasteiger partial charge in [-0.25, -0.2) is 4.79 Å². The first-order chi connectivity index (χ1) is 10.3. The van der Waals surface area contributed by atoms with Crippen molar-refractivity contribution in [2.75, 3.05) is 25.0 Å². The second kappa shape index (κ2) is 6.14. The molecule has 1 fully saturated rings. The number of carbonyl (C=O) groups excluding carboxylic acids is 1. The molecule has 1 heterocycles. The SMILES string of the molecule is NCCC1CCN(C(=O)Nc2cccc3ccccc23)C1. The highest BCUT2D eigenvalue weighted by atomic mass is 16.2. The van der Waals surface area contributed by atoms with E-state index in [0.717, 1.165) is 42.4 Å². The summed E-state index contributed by atoms with van der Waals surface area (Å²) in [5, 5.41) is 5.26. The monoisotopic (exact) mass is 283 g/mol. The third kappa shape index (κ3) is 3.00. The van der Waals surface area contributed by atoms with Crippen LogP contribution in [0, 0.1) is 5.92 Å². The Morgan fingerprint density at radius 1 is 1.24 bits per heavy atom. The molecule has 0 bridgehead atoms. The van der Waals surface area contributed by atoms with E-state index in [9.17, 15) is 4.79 Å². The number of amides is 2. The number of hydrogen-bond acceptors (Lipinski definition) is 2. The maximum absolute atomic E-state index is 12.4. The number of nitrogens with two attached hydrogens (primary N) is 1. The average molecular weight is 283 g/mol.